The van der Waals surface area contributed by atoms with Gasteiger partial charge in [0.25, 0.3) is 0 Å². The Morgan fingerprint density at radius 3 is 2.71 bits per heavy atom. The van der Waals surface area contributed by atoms with E-state index in [1.54, 1.807) is 0 Å². The molecule has 1 aromatic heterocycles. The lowest BCUT2D eigenvalue weighted by Crippen LogP contribution is -2.46. The van der Waals surface area contributed by atoms with Crippen molar-refractivity contribution < 1.29 is 0 Å². The minimum atomic E-state index is 0. The predicted molar refractivity (Wildman–Crippen MR) is 92.9 cm³/mol. The van der Waals surface area contributed by atoms with Gasteiger partial charge in [-0.05, 0) is 6.92 Å². The quantitative estimate of drug-likeness (QED) is 0.784. The van der Waals surface area contributed by atoms with Crippen LogP contribution in [0.4, 0.5) is 0 Å². The van der Waals surface area contributed by atoms with Crippen LogP contribution in [0.5, 0.6) is 0 Å². The van der Waals surface area contributed by atoms with E-state index in [1.165, 1.54) is 18.9 Å². The van der Waals surface area contributed by atoms with Gasteiger partial charge in [-0.15, -0.1) is 24.8 Å². The van der Waals surface area contributed by atoms with E-state index in [0.717, 1.165) is 39.1 Å². The first-order chi connectivity index (χ1) is 9.29. The Hall–Kier alpha value is -0.330. The van der Waals surface area contributed by atoms with Crippen LogP contribution in [0.25, 0.3) is 0 Å². The first kappa shape index (κ1) is 20.7. The zero-order valence-electron chi connectivity index (χ0n) is 13.0. The third kappa shape index (κ3) is 6.98. The van der Waals surface area contributed by atoms with Crippen LogP contribution in [0.1, 0.15) is 19.7 Å². The maximum atomic E-state index is 4.36. The molecule has 21 heavy (non-hydrogen) atoms. The number of nitrogens with one attached hydrogen (secondary N) is 2. The summed E-state index contributed by atoms with van der Waals surface area (Å²) in [6.45, 7) is 12.2. The van der Waals surface area contributed by atoms with Crippen LogP contribution in [-0.4, -0.2) is 59.8 Å². The molecule has 1 aromatic rings. The molecule has 1 atom stereocenters. The van der Waals surface area contributed by atoms with E-state index in [0.29, 0.717) is 6.04 Å². The van der Waals surface area contributed by atoms with Crippen molar-refractivity contribution in [3.63, 3.8) is 0 Å². The summed E-state index contributed by atoms with van der Waals surface area (Å²) in [5.41, 5.74) is 0. The molecule has 0 radical (unpaired) electrons. The Balaban J connectivity index is 0.00000200. The maximum Gasteiger partial charge on any atom is 0.108 e. The van der Waals surface area contributed by atoms with Crippen LogP contribution in [-0.2, 0) is 13.0 Å². The molecule has 7 heteroatoms. The van der Waals surface area contributed by atoms with Gasteiger partial charge in [-0.2, -0.15) is 0 Å². The van der Waals surface area contributed by atoms with Crippen molar-refractivity contribution in [1.29, 1.82) is 0 Å². The van der Waals surface area contributed by atoms with Gasteiger partial charge in [0.1, 0.15) is 5.82 Å². The molecule has 5 nitrogen and oxygen atoms in total. The molecule has 1 fully saturated rings. The number of nitrogens with zero attached hydrogens (tertiary/aromatic N) is 3. The van der Waals surface area contributed by atoms with Gasteiger partial charge < -0.3 is 15.2 Å². The summed E-state index contributed by atoms with van der Waals surface area (Å²) in [5, 5.41) is 6.99. The minimum absolute atomic E-state index is 0. The molecule has 0 aromatic carbocycles. The number of halogens is 2. The number of hydrogen-bond acceptors (Lipinski definition) is 4. The Kier molecular flexibility index (Phi) is 11.1. The third-order valence-corrected chi connectivity index (χ3v) is 3.72. The molecular formula is C14H29Cl2N5. The van der Waals surface area contributed by atoms with E-state index in [-0.39, 0.29) is 24.8 Å². The molecule has 0 bridgehead atoms. The Morgan fingerprint density at radius 2 is 2.05 bits per heavy atom. The SMILES string of the molecule is CCc1nccn1CC(C)NCCN1CCNCC1.Cl.Cl. The predicted octanol–water partition coefficient (Wildman–Crippen LogP) is 1.17. The van der Waals surface area contributed by atoms with Crippen molar-refractivity contribution in [3.8, 4) is 0 Å². The summed E-state index contributed by atoms with van der Waals surface area (Å²) in [5.74, 6) is 1.18. The number of rotatable bonds is 7. The number of aryl methyl sites for hydroxylation is 1. The van der Waals surface area contributed by atoms with Crippen LogP contribution >= 0.6 is 24.8 Å². The van der Waals surface area contributed by atoms with Crippen LogP contribution in [0.15, 0.2) is 12.4 Å². The zero-order valence-corrected chi connectivity index (χ0v) is 14.7. The first-order valence-corrected chi connectivity index (χ1v) is 7.46. The fourth-order valence-corrected chi connectivity index (χ4v) is 2.58. The fourth-order valence-electron chi connectivity index (χ4n) is 2.58. The Morgan fingerprint density at radius 1 is 1.33 bits per heavy atom. The van der Waals surface area contributed by atoms with Crippen molar-refractivity contribution in [1.82, 2.24) is 25.1 Å². The van der Waals surface area contributed by atoms with E-state index in [9.17, 15) is 0 Å². The molecule has 0 saturated carbocycles. The second kappa shape index (κ2) is 11.3. The molecular weight excluding hydrogens is 309 g/mol. The molecule has 2 N–H and O–H groups in total. The highest BCUT2D eigenvalue weighted by Crippen LogP contribution is 2.00. The standard InChI is InChI=1S/C14H27N5.2ClH/c1-3-14-17-7-11-19(14)12-13(2)16-6-10-18-8-4-15-5-9-18;;/h7,11,13,15-16H,3-6,8-10,12H2,1-2H3;2*1H. The van der Waals surface area contributed by atoms with Gasteiger partial charge in [0.15, 0.2) is 0 Å². The average Bonchev–Trinajstić information content (AvgIpc) is 2.87. The number of aromatic nitrogens is 2. The summed E-state index contributed by atoms with van der Waals surface area (Å²) < 4.78 is 2.25. The molecule has 1 saturated heterocycles. The van der Waals surface area contributed by atoms with Gasteiger partial charge in [0.2, 0.25) is 0 Å². The molecule has 0 amide bonds. The summed E-state index contributed by atoms with van der Waals surface area (Å²) in [6, 6.07) is 0.488. The molecule has 1 aliphatic heterocycles. The van der Waals surface area contributed by atoms with Gasteiger partial charge >= 0.3 is 0 Å². The second-order valence-corrected chi connectivity index (χ2v) is 5.30. The van der Waals surface area contributed by atoms with E-state index in [2.05, 4.69) is 45.1 Å². The van der Waals surface area contributed by atoms with Gasteiger partial charge in [-0.1, -0.05) is 6.92 Å². The van der Waals surface area contributed by atoms with E-state index in [1.807, 2.05) is 6.20 Å². The normalized spacial score (nSPS) is 16.9. The highest BCUT2D eigenvalue weighted by atomic mass is 35.5. The van der Waals surface area contributed by atoms with Gasteiger partial charge in [-0.3, -0.25) is 4.90 Å². The van der Waals surface area contributed by atoms with E-state index >= 15 is 0 Å². The molecule has 2 heterocycles. The van der Waals surface area contributed by atoms with Crippen molar-refractivity contribution >= 4 is 24.8 Å². The summed E-state index contributed by atoms with van der Waals surface area (Å²) in [6.07, 6.45) is 4.97. The first-order valence-electron chi connectivity index (χ1n) is 7.46. The molecule has 0 spiro atoms. The van der Waals surface area contributed by atoms with Gasteiger partial charge in [-0.25, -0.2) is 4.98 Å². The molecule has 0 aliphatic carbocycles. The summed E-state index contributed by atoms with van der Waals surface area (Å²) in [7, 11) is 0. The van der Waals surface area contributed by atoms with Crippen LogP contribution < -0.4 is 10.6 Å². The largest absolute Gasteiger partial charge is 0.333 e. The topological polar surface area (TPSA) is 45.1 Å². The van der Waals surface area contributed by atoms with Crippen LogP contribution in [0, 0.1) is 0 Å². The zero-order chi connectivity index (χ0) is 13.5. The van der Waals surface area contributed by atoms with Crippen molar-refractivity contribution in [3.05, 3.63) is 18.2 Å². The average molecular weight is 338 g/mol. The molecule has 124 valence electrons. The number of piperazine rings is 1. The Bertz CT molecular complexity index is 366. The highest BCUT2D eigenvalue weighted by molar-refractivity contribution is 5.85. The Labute approximate surface area is 140 Å². The maximum absolute atomic E-state index is 4.36. The van der Waals surface area contributed by atoms with Gasteiger partial charge in [0, 0.05) is 70.7 Å². The molecule has 1 unspecified atom stereocenters. The van der Waals surface area contributed by atoms with E-state index in [4.69, 9.17) is 0 Å². The highest BCUT2D eigenvalue weighted by Gasteiger charge is 2.10. The summed E-state index contributed by atoms with van der Waals surface area (Å²) >= 11 is 0. The van der Waals surface area contributed by atoms with Crippen LogP contribution in [0.3, 0.4) is 0 Å². The lowest BCUT2D eigenvalue weighted by Gasteiger charge is -2.27. The third-order valence-electron chi connectivity index (χ3n) is 3.72. The number of imidazole rings is 1. The van der Waals surface area contributed by atoms with Crippen LogP contribution in [0.2, 0.25) is 0 Å². The lowest BCUT2D eigenvalue weighted by atomic mass is 10.3. The van der Waals surface area contributed by atoms with E-state index < -0.39 is 0 Å². The monoisotopic (exact) mass is 337 g/mol. The summed E-state index contributed by atoms with van der Waals surface area (Å²) in [4.78, 5) is 6.88. The molecule has 2 rings (SSSR count). The molecule has 1 aliphatic rings. The lowest BCUT2D eigenvalue weighted by molar-refractivity contribution is 0.237. The smallest absolute Gasteiger partial charge is 0.108 e. The van der Waals surface area contributed by atoms with Crippen molar-refractivity contribution in [2.24, 2.45) is 0 Å². The van der Waals surface area contributed by atoms with Crippen molar-refractivity contribution in [2.75, 3.05) is 39.3 Å². The van der Waals surface area contributed by atoms with Crippen molar-refractivity contribution in [2.45, 2.75) is 32.9 Å². The van der Waals surface area contributed by atoms with Gasteiger partial charge in [0.05, 0.1) is 0 Å². The second-order valence-electron chi connectivity index (χ2n) is 5.30. The minimum Gasteiger partial charge on any atom is -0.333 e. The number of hydrogen-bond donors (Lipinski definition) is 2. The fraction of sp³-hybridized carbons (Fsp3) is 0.786.